The van der Waals surface area contributed by atoms with Gasteiger partial charge in [0.25, 0.3) is 0 Å². The molecular formula is C17H21N3O2S2. The molecule has 0 radical (unpaired) electrons. The molecule has 2 aromatic heterocycles. The highest BCUT2D eigenvalue weighted by Crippen LogP contribution is 2.40. The SMILES string of the molecule is C[C@@H]1CN(C(=O)CSc2ncnc3sc4c(c23)CCC4)C[C@@H](C)O1. The van der Waals surface area contributed by atoms with E-state index in [1.807, 2.05) is 18.7 Å². The Hall–Kier alpha value is -1.18. The lowest BCUT2D eigenvalue weighted by Crippen LogP contribution is -2.48. The van der Waals surface area contributed by atoms with Crippen LogP contribution in [0.4, 0.5) is 0 Å². The maximum Gasteiger partial charge on any atom is 0.233 e. The number of hydrogen-bond acceptors (Lipinski definition) is 6. The fraction of sp³-hybridized carbons (Fsp3) is 0.588. The van der Waals surface area contributed by atoms with E-state index in [9.17, 15) is 4.79 Å². The van der Waals surface area contributed by atoms with E-state index in [4.69, 9.17) is 4.74 Å². The number of aromatic nitrogens is 2. The van der Waals surface area contributed by atoms with Crippen LogP contribution >= 0.6 is 23.1 Å². The largest absolute Gasteiger partial charge is 0.372 e. The molecule has 1 aliphatic carbocycles. The average Bonchev–Trinajstić information content (AvgIpc) is 3.12. The smallest absolute Gasteiger partial charge is 0.233 e. The van der Waals surface area contributed by atoms with Gasteiger partial charge >= 0.3 is 0 Å². The normalized spacial score (nSPS) is 23.7. The van der Waals surface area contributed by atoms with Crippen molar-refractivity contribution in [2.75, 3.05) is 18.8 Å². The summed E-state index contributed by atoms with van der Waals surface area (Å²) in [6.07, 6.45) is 5.33. The van der Waals surface area contributed by atoms with Gasteiger partial charge in [0, 0.05) is 23.4 Å². The zero-order valence-electron chi connectivity index (χ0n) is 13.9. The number of rotatable bonds is 3. The van der Waals surface area contributed by atoms with Crippen LogP contribution in [0.3, 0.4) is 0 Å². The van der Waals surface area contributed by atoms with E-state index >= 15 is 0 Å². The maximum atomic E-state index is 12.6. The van der Waals surface area contributed by atoms with Crippen LogP contribution in [0.25, 0.3) is 10.2 Å². The van der Waals surface area contributed by atoms with Gasteiger partial charge in [-0.25, -0.2) is 9.97 Å². The first-order valence-electron chi connectivity index (χ1n) is 8.43. The van der Waals surface area contributed by atoms with Gasteiger partial charge in [0.05, 0.1) is 18.0 Å². The number of carbonyl (C=O) groups is 1. The molecule has 1 saturated heterocycles. The summed E-state index contributed by atoms with van der Waals surface area (Å²) in [5, 5.41) is 2.15. The highest BCUT2D eigenvalue weighted by molar-refractivity contribution is 8.00. The van der Waals surface area contributed by atoms with Crippen LogP contribution < -0.4 is 0 Å². The standard InChI is InChI=1S/C17H21N3O2S2/c1-10-6-20(7-11(2)22-10)14(21)8-23-16-15-12-4-3-5-13(12)24-17(15)19-9-18-16/h9-11H,3-8H2,1-2H3/t10-,11-/m1/s1. The lowest BCUT2D eigenvalue weighted by Gasteiger charge is -2.35. The summed E-state index contributed by atoms with van der Waals surface area (Å²) in [6.45, 7) is 5.39. The molecule has 0 bridgehead atoms. The zero-order chi connectivity index (χ0) is 16.7. The van der Waals surface area contributed by atoms with Crippen LogP contribution in [0.2, 0.25) is 0 Å². The first-order valence-corrected chi connectivity index (χ1v) is 10.2. The van der Waals surface area contributed by atoms with Gasteiger partial charge in [-0.1, -0.05) is 11.8 Å². The van der Waals surface area contributed by atoms with Gasteiger partial charge in [0.15, 0.2) is 0 Å². The number of amides is 1. The van der Waals surface area contributed by atoms with Gasteiger partial charge in [-0.3, -0.25) is 4.79 Å². The molecule has 0 unspecified atom stereocenters. The average molecular weight is 364 g/mol. The summed E-state index contributed by atoms with van der Waals surface area (Å²) in [5.74, 6) is 0.594. The minimum Gasteiger partial charge on any atom is -0.372 e. The van der Waals surface area contributed by atoms with Gasteiger partial charge in [-0.2, -0.15) is 0 Å². The molecule has 2 aliphatic rings. The predicted molar refractivity (Wildman–Crippen MR) is 96.8 cm³/mol. The number of carbonyl (C=O) groups excluding carboxylic acids is 1. The van der Waals surface area contributed by atoms with E-state index in [-0.39, 0.29) is 18.1 Å². The molecule has 5 nitrogen and oxygen atoms in total. The topological polar surface area (TPSA) is 55.3 Å². The molecule has 1 fully saturated rings. The fourth-order valence-electron chi connectivity index (χ4n) is 3.61. The number of thiophene rings is 1. The third kappa shape index (κ3) is 3.05. The lowest BCUT2D eigenvalue weighted by molar-refractivity contribution is -0.140. The van der Waals surface area contributed by atoms with E-state index in [0.717, 1.165) is 22.7 Å². The summed E-state index contributed by atoms with van der Waals surface area (Å²) < 4.78 is 5.71. The molecule has 1 aliphatic heterocycles. The number of fused-ring (bicyclic) bond motifs is 3. The second-order valence-electron chi connectivity index (χ2n) is 6.56. The van der Waals surface area contributed by atoms with Crippen molar-refractivity contribution >= 4 is 39.2 Å². The van der Waals surface area contributed by atoms with Gasteiger partial charge in [-0.15, -0.1) is 11.3 Å². The van der Waals surface area contributed by atoms with E-state index in [2.05, 4.69) is 9.97 Å². The van der Waals surface area contributed by atoms with Crippen LogP contribution in [0.1, 0.15) is 30.7 Å². The molecule has 3 heterocycles. The van der Waals surface area contributed by atoms with Crippen molar-refractivity contribution in [3.8, 4) is 0 Å². The van der Waals surface area contributed by atoms with E-state index in [1.165, 1.54) is 22.2 Å². The second-order valence-corrected chi connectivity index (χ2v) is 8.61. The van der Waals surface area contributed by atoms with Crippen molar-refractivity contribution in [1.82, 2.24) is 14.9 Å². The third-order valence-electron chi connectivity index (χ3n) is 4.57. The molecule has 128 valence electrons. The monoisotopic (exact) mass is 363 g/mol. The predicted octanol–water partition coefficient (Wildman–Crippen LogP) is 2.91. The van der Waals surface area contributed by atoms with Crippen LogP contribution in [-0.2, 0) is 22.4 Å². The Morgan fingerprint density at radius 3 is 2.92 bits per heavy atom. The number of morpholine rings is 1. The first-order chi connectivity index (χ1) is 11.6. The van der Waals surface area contributed by atoms with E-state index < -0.39 is 0 Å². The Balaban J connectivity index is 1.50. The van der Waals surface area contributed by atoms with Crippen molar-refractivity contribution in [2.45, 2.75) is 50.3 Å². The fourth-order valence-corrected chi connectivity index (χ4v) is 5.83. The van der Waals surface area contributed by atoms with E-state index in [1.54, 1.807) is 29.4 Å². The minimum absolute atomic E-state index is 0.105. The van der Waals surface area contributed by atoms with Crippen molar-refractivity contribution in [2.24, 2.45) is 0 Å². The number of nitrogens with zero attached hydrogens (tertiary/aromatic N) is 3. The molecule has 2 atom stereocenters. The summed E-state index contributed by atoms with van der Waals surface area (Å²) >= 11 is 3.34. The quantitative estimate of drug-likeness (QED) is 0.620. The van der Waals surface area contributed by atoms with Gasteiger partial charge in [-0.05, 0) is 38.7 Å². The third-order valence-corrected chi connectivity index (χ3v) is 6.75. The Morgan fingerprint density at radius 2 is 2.12 bits per heavy atom. The van der Waals surface area contributed by atoms with Crippen molar-refractivity contribution in [3.05, 3.63) is 16.8 Å². The number of ether oxygens (including phenoxy) is 1. The maximum absolute atomic E-state index is 12.6. The molecule has 2 aromatic rings. The number of aryl methyl sites for hydroxylation is 2. The highest BCUT2D eigenvalue weighted by Gasteiger charge is 2.26. The molecular weight excluding hydrogens is 342 g/mol. The molecule has 0 aromatic carbocycles. The summed E-state index contributed by atoms with van der Waals surface area (Å²) in [4.78, 5) is 25.9. The van der Waals surface area contributed by atoms with Gasteiger partial charge in [0.1, 0.15) is 16.2 Å². The molecule has 0 spiro atoms. The summed E-state index contributed by atoms with van der Waals surface area (Å²) in [5.41, 5.74) is 1.42. The Kier molecular flexibility index (Phi) is 4.49. The number of hydrogen-bond donors (Lipinski definition) is 0. The first kappa shape index (κ1) is 16.3. The van der Waals surface area contributed by atoms with E-state index in [0.29, 0.717) is 18.8 Å². The second kappa shape index (κ2) is 6.61. The zero-order valence-corrected chi connectivity index (χ0v) is 15.6. The van der Waals surface area contributed by atoms with Gasteiger partial charge < -0.3 is 9.64 Å². The molecule has 4 rings (SSSR count). The van der Waals surface area contributed by atoms with Crippen molar-refractivity contribution < 1.29 is 9.53 Å². The lowest BCUT2D eigenvalue weighted by atomic mass is 10.2. The van der Waals surface area contributed by atoms with Crippen LogP contribution in [0, 0.1) is 0 Å². The Bertz CT molecular complexity index is 767. The van der Waals surface area contributed by atoms with Crippen molar-refractivity contribution in [3.63, 3.8) is 0 Å². The molecule has 0 saturated carbocycles. The highest BCUT2D eigenvalue weighted by atomic mass is 32.2. The van der Waals surface area contributed by atoms with Crippen LogP contribution in [0.5, 0.6) is 0 Å². The Labute approximate surface area is 149 Å². The Morgan fingerprint density at radius 1 is 1.33 bits per heavy atom. The minimum atomic E-state index is 0.105. The van der Waals surface area contributed by atoms with Crippen molar-refractivity contribution in [1.29, 1.82) is 0 Å². The molecule has 1 amide bonds. The molecule has 0 N–H and O–H groups in total. The van der Waals surface area contributed by atoms with Crippen LogP contribution in [0.15, 0.2) is 11.4 Å². The molecule has 7 heteroatoms. The molecule has 24 heavy (non-hydrogen) atoms. The summed E-state index contributed by atoms with van der Waals surface area (Å²) in [6, 6.07) is 0. The number of thioether (sulfide) groups is 1. The van der Waals surface area contributed by atoms with Gasteiger partial charge in [0.2, 0.25) is 5.91 Å². The van der Waals surface area contributed by atoms with Crippen LogP contribution in [-0.4, -0.2) is 51.8 Å². The summed E-state index contributed by atoms with van der Waals surface area (Å²) in [7, 11) is 0.